The van der Waals surface area contributed by atoms with Crippen molar-refractivity contribution in [2.75, 3.05) is 0 Å². The summed E-state index contributed by atoms with van der Waals surface area (Å²) in [5.41, 5.74) is 0.509. The molecule has 1 saturated heterocycles. The molecule has 1 N–H and O–H groups in total. The Balaban J connectivity index is 2.29. The number of esters is 1. The average Bonchev–Trinajstić information content (AvgIpc) is 2.47. The topological polar surface area (TPSA) is 63.6 Å². The van der Waals surface area contributed by atoms with Crippen molar-refractivity contribution in [3.05, 3.63) is 34.9 Å². The molecule has 1 aliphatic rings. The number of hydrogen-bond acceptors (Lipinski definition) is 4. The summed E-state index contributed by atoms with van der Waals surface area (Å²) in [5, 5.41) is 9.63. The molecule has 0 spiro atoms. The highest BCUT2D eigenvalue weighted by Gasteiger charge is 2.42. The molecule has 1 heterocycles. The van der Waals surface area contributed by atoms with Crippen LogP contribution in [0.25, 0.3) is 0 Å². The van der Waals surface area contributed by atoms with Gasteiger partial charge in [0.05, 0.1) is 0 Å². The number of rotatable bonds is 1. The van der Waals surface area contributed by atoms with Gasteiger partial charge >= 0.3 is 5.97 Å². The molecular formula is C10H7ClO4. The summed E-state index contributed by atoms with van der Waals surface area (Å²) in [6.07, 6.45) is -2.67. The third-order valence-electron chi connectivity index (χ3n) is 2.16. The third-order valence-corrected chi connectivity index (χ3v) is 2.41. The number of Topliss-reactive ketones (excluding diaryl/α,β-unsaturated/α-hetero) is 1. The summed E-state index contributed by atoms with van der Waals surface area (Å²) < 4.78 is 4.73. The maximum atomic E-state index is 11.4. The molecule has 2 rings (SSSR count). The minimum absolute atomic E-state index is 0.509. The molecule has 0 radical (unpaired) electrons. The van der Waals surface area contributed by atoms with Crippen LogP contribution in [-0.4, -0.2) is 23.0 Å². The van der Waals surface area contributed by atoms with E-state index >= 15 is 0 Å². The zero-order valence-electron chi connectivity index (χ0n) is 7.51. The lowest BCUT2D eigenvalue weighted by Crippen LogP contribution is -2.21. The van der Waals surface area contributed by atoms with Gasteiger partial charge in [0.25, 0.3) is 0 Å². The molecule has 1 aromatic carbocycles. The van der Waals surface area contributed by atoms with Gasteiger partial charge in [-0.05, 0) is 12.1 Å². The molecule has 1 aromatic rings. The number of hydrogen-bond donors (Lipinski definition) is 1. The zero-order valence-corrected chi connectivity index (χ0v) is 8.27. The maximum absolute atomic E-state index is 11.4. The van der Waals surface area contributed by atoms with E-state index in [9.17, 15) is 9.59 Å². The lowest BCUT2D eigenvalue weighted by Gasteiger charge is -2.07. The number of ether oxygens (including phenoxy) is 1. The van der Waals surface area contributed by atoms with Gasteiger partial charge in [-0.1, -0.05) is 23.7 Å². The molecule has 5 heteroatoms. The minimum Gasteiger partial charge on any atom is -0.447 e. The second kappa shape index (κ2) is 3.64. The lowest BCUT2D eigenvalue weighted by atomic mass is 10.0. The Labute approximate surface area is 90.4 Å². The van der Waals surface area contributed by atoms with Gasteiger partial charge in [-0.25, -0.2) is 4.79 Å². The van der Waals surface area contributed by atoms with Gasteiger partial charge in [0, 0.05) is 10.6 Å². The van der Waals surface area contributed by atoms with Crippen molar-refractivity contribution >= 4 is 23.4 Å². The van der Waals surface area contributed by atoms with Gasteiger partial charge < -0.3 is 9.84 Å². The number of aliphatic hydroxyl groups is 1. The van der Waals surface area contributed by atoms with Crippen molar-refractivity contribution in [3.8, 4) is 0 Å². The van der Waals surface area contributed by atoms with E-state index in [4.69, 9.17) is 21.4 Å². The summed E-state index contributed by atoms with van der Waals surface area (Å²) in [4.78, 5) is 22.3. The van der Waals surface area contributed by atoms with Crippen molar-refractivity contribution in [1.82, 2.24) is 0 Å². The molecule has 0 aliphatic carbocycles. The minimum atomic E-state index is -1.66. The first-order valence-electron chi connectivity index (χ1n) is 4.27. The highest BCUT2D eigenvalue weighted by Crippen LogP contribution is 2.27. The molecular weight excluding hydrogens is 220 g/mol. The molecule has 0 aromatic heterocycles. The molecule has 0 amide bonds. The van der Waals surface area contributed by atoms with E-state index in [0.717, 1.165) is 0 Å². The van der Waals surface area contributed by atoms with Crippen molar-refractivity contribution in [2.45, 2.75) is 12.2 Å². The van der Waals surface area contributed by atoms with E-state index in [1.54, 1.807) is 24.3 Å². The Morgan fingerprint density at radius 1 is 1.20 bits per heavy atom. The van der Waals surface area contributed by atoms with Gasteiger partial charge in [0.1, 0.15) is 0 Å². The molecule has 1 fully saturated rings. The van der Waals surface area contributed by atoms with Crippen molar-refractivity contribution < 1.29 is 19.4 Å². The number of ketones is 1. The number of aliphatic hydroxyl groups excluding tert-OH is 1. The highest BCUT2D eigenvalue weighted by atomic mass is 35.5. The van der Waals surface area contributed by atoms with E-state index in [-0.39, 0.29) is 0 Å². The molecule has 2 atom stereocenters. The van der Waals surface area contributed by atoms with Gasteiger partial charge in [-0.15, -0.1) is 0 Å². The Kier molecular flexibility index (Phi) is 2.46. The standard InChI is InChI=1S/C10H7ClO4/c11-6-3-1-5(2-4-6)9-7(12)8(13)10(14)15-9/h1-4,8-9,13H. The number of carbonyl (C=O) groups is 2. The first kappa shape index (κ1) is 10.1. The van der Waals surface area contributed by atoms with Crippen LogP contribution in [0.4, 0.5) is 0 Å². The predicted octanol–water partition coefficient (Wildman–Crippen LogP) is 0.868. The van der Waals surface area contributed by atoms with E-state index in [2.05, 4.69) is 0 Å². The maximum Gasteiger partial charge on any atom is 0.344 e. The summed E-state index contributed by atoms with van der Waals surface area (Å²) >= 11 is 5.67. The van der Waals surface area contributed by atoms with Crippen LogP contribution in [0.5, 0.6) is 0 Å². The number of benzene rings is 1. The molecule has 15 heavy (non-hydrogen) atoms. The summed E-state index contributed by atoms with van der Waals surface area (Å²) in [6, 6.07) is 6.33. The predicted molar refractivity (Wildman–Crippen MR) is 51.3 cm³/mol. The summed E-state index contributed by atoms with van der Waals surface area (Å²) in [6.45, 7) is 0. The lowest BCUT2D eigenvalue weighted by molar-refractivity contribution is -0.147. The van der Waals surface area contributed by atoms with E-state index in [1.807, 2.05) is 0 Å². The fourth-order valence-corrected chi connectivity index (χ4v) is 1.49. The van der Waals surface area contributed by atoms with Crippen LogP contribution < -0.4 is 0 Å². The van der Waals surface area contributed by atoms with Crippen LogP contribution in [0, 0.1) is 0 Å². The highest BCUT2D eigenvalue weighted by molar-refractivity contribution is 6.30. The molecule has 0 saturated carbocycles. The zero-order chi connectivity index (χ0) is 11.0. The van der Waals surface area contributed by atoms with Crippen LogP contribution >= 0.6 is 11.6 Å². The quantitative estimate of drug-likeness (QED) is 0.570. The molecule has 4 nitrogen and oxygen atoms in total. The fourth-order valence-electron chi connectivity index (χ4n) is 1.37. The molecule has 2 unspecified atom stereocenters. The Morgan fingerprint density at radius 3 is 2.27 bits per heavy atom. The number of halogens is 1. The largest absolute Gasteiger partial charge is 0.447 e. The van der Waals surface area contributed by atoms with Crippen molar-refractivity contribution in [3.63, 3.8) is 0 Å². The van der Waals surface area contributed by atoms with Crippen molar-refractivity contribution in [2.24, 2.45) is 0 Å². The fraction of sp³-hybridized carbons (Fsp3) is 0.200. The second-order valence-corrected chi connectivity index (χ2v) is 3.61. The molecule has 1 aliphatic heterocycles. The van der Waals surface area contributed by atoms with Crippen LogP contribution in [0.15, 0.2) is 24.3 Å². The number of carbonyl (C=O) groups excluding carboxylic acids is 2. The normalized spacial score (nSPS) is 25.5. The van der Waals surface area contributed by atoms with Gasteiger partial charge in [0.15, 0.2) is 6.10 Å². The van der Waals surface area contributed by atoms with Crippen LogP contribution in [0.2, 0.25) is 5.02 Å². The average molecular weight is 227 g/mol. The smallest absolute Gasteiger partial charge is 0.344 e. The van der Waals surface area contributed by atoms with E-state index in [0.29, 0.717) is 10.6 Å². The Hall–Kier alpha value is -1.39. The second-order valence-electron chi connectivity index (χ2n) is 3.17. The summed E-state index contributed by atoms with van der Waals surface area (Å²) in [7, 11) is 0. The van der Waals surface area contributed by atoms with Gasteiger partial charge in [-0.2, -0.15) is 0 Å². The third kappa shape index (κ3) is 1.73. The molecule has 78 valence electrons. The molecule has 0 bridgehead atoms. The van der Waals surface area contributed by atoms with Gasteiger partial charge in [0.2, 0.25) is 11.9 Å². The van der Waals surface area contributed by atoms with Crippen molar-refractivity contribution in [1.29, 1.82) is 0 Å². The monoisotopic (exact) mass is 226 g/mol. The van der Waals surface area contributed by atoms with Crippen LogP contribution in [0.3, 0.4) is 0 Å². The van der Waals surface area contributed by atoms with E-state index in [1.165, 1.54) is 0 Å². The first-order valence-corrected chi connectivity index (χ1v) is 4.65. The SMILES string of the molecule is O=C1OC(c2ccc(Cl)cc2)C(=O)C1O. The first-order chi connectivity index (χ1) is 7.09. The summed E-state index contributed by atoms with van der Waals surface area (Å²) in [5.74, 6) is -1.54. The van der Waals surface area contributed by atoms with Gasteiger partial charge in [-0.3, -0.25) is 4.79 Å². The van der Waals surface area contributed by atoms with Crippen LogP contribution in [-0.2, 0) is 14.3 Å². The Morgan fingerprint density at radius 2 is 1.80 bits per heavy atom. The van der Waals surface area contributed by atoms with Crippen LogP contribution in [0.1, 0.15) is 11.7 Å². The van der Waals surface area contributed by atoms with E-state index < -0.39 is 24.0 Å². The Bertz CT molecular complexity index is 412. The number of cyclic esters (lactones) is 1.